The average Bonchev–Trinajstić information content (AvgIpc) is 2.30. The summed E-state index contributed by atoms with van der Waals surface area (Å²) < 4.78 is 28.4. The molecule has 1 fully saturated rings. The van der Waals surface area contributed by atoms with E-state index in [9.17, 15) is 18.4 Å². The SMILES string of the molecule is CCCC1NC(=O)CN(CCOCC(F)F)C1=O. The van der Waals surface area contributed by atoms with E-state index in [4.69, 9.17) is 4.74 Å². The van der Waals surface area contributed by atoms with Gasteiger partial charge in [0.2, 0.25) is 11.8 Å². The predicted octanol–water partition coefficient (Wildman–Crippen LogP) is 0.395. The highest BCUT2D eigenvalue weighted by molar-refractivity contribution is 5.94. The van der Waals surface area contributed by atoms with Crippen molar-refractivity contribution in [2.24, 2.45) is 0 Å². The lowest BCUT2D eigenvalue weighted by atomic mass is 10.1. The Morgan fingerprint density at radius 1 is 1.50 bits per heavy atom. The van der Waals surface area contributed by atoms with Crippen LogP contribution in [0, 0.1) is 0 Å². The molecule has 5 nitrogen and oxygen atoms in total. The first-order valence-electron chi connectivity index (χ1n) is 5.98. The summed E-state index contributed by atoms with van der Waals surface area (Å²) in [6.45, 7) is 1.43. The number of nitrogens with one attached hydrogen (secondary N) is 1. The molecule has 0 aromatic heterocycles. The largest absolute Gasteiger partial charge is 0.374 e. The summed E-state index contributed by atoms with van der Waals surface area (Å²) in [5.41, 5.74) is 0. The molecule has 1 N–H and O–H groups in total. The minimum absolute atomic E-state index is 0.0161. The molecule has 0 aromatic carbocycles. The van der Waals surface area contributed by atoms with Crippen molar-refractivity contribution in [3.8, 4) is 0 Å². The molecule has 1 atom stereocenters. The predicted molar refractivity (Wildman–Crippen MR) is 60.2 cm³/mol. The van der Waals surface area contributed by atoms with Crippen LogP contribution in [0.1, 0.15) is 19.8 Å². The molecule has 0 bridgehead atoms. The topological polar surface area (TPSA) is 58.6 Å². The van der Waals surface area contributed by atoms with Crippen LogP contribution in [0.3, 0.4) is 0 Å². The first kappa shape index (κ1) is 14.8. The fraction of sp³-hybridized carbons (Fsp3) is 0.818. The second-order valence-electron chi connectivity index (χ2n) is 4.13. The summed E-state index contributed by atoms with van der Waals surface area (Å²) in [5, 5.41) is 2.61. The number of halogens is 2. The Labute approximate surface area is 104 Å². The molecule has 18 heavy (non-hydrogen) atoms. The van der Waals surface area contributed by atoms with Gasteiger partial charge in [0.1, 0.15) is 12.6 Å². The van der Waals surface area contributed by atoms with Crippen molar-refractivity contribution in [1.29, 1.82) is 0 Å². The van der Waals surface area contributed by atoms with Crippen LogP contribution in [0.15, 0.2) is 0 Å². The molecule has 0 saturated carbocycles. The van der Waals surface area contributed by atoms with E-state index >= 15 is 0 Å². The van der Waals surface area contributed by atoms with Crippen molar-refractivity contribution >= 4 is 11.8 Å². The molecule has 2 amide bonds. The van der Waals surface area contributed by atoms with Gasteiger partial charge in [-0.2, -0.15) is 0 Å². The van der Waals surface area contributed by atoms with Crippen molar-refractivity contribution in [2.75, 3.05) is 26.3 Å². The Bertz CT molecular complexity index is 300. The molecule has 0 aromatic rings. The molecule has 7 heteroatoms. The molecule has 1 aliphatic rings. The van der Waals surface area contributed by atoms with E-state index in [1.807, 2.05) is 6.92 Å². The molecule has 1 aliphatic heterocycles. The zero-order valence-electron chi connectivity index (χ0n) is 10.3. The van der Waals surface area contributed by atoms with Gasteiger partial charge in [0, 0.05) is 6.54 Å². The molecule has 0 spiro atoms. The van der Waals surface area contributed by atoms with Crippen LogP contribution in [0.5, 0.6) is 0 Å². The fourth-order valence-electron chi connectivity index (χ4n) is 1.79. The van der Waals surface area contributed by atoms with Gasteiger partial charge >= 0.3 is 0 Å². The minimum Gasteiger partial charge on any atom is -0.374 e. The summed E-state index contributed by atoms with van der Waals surface area (Å²) in [5.74, 6) is -0.390. The maximum absolute atomic E-state index is 11.9. The average molecular weight is 264 g/mol. The fourth-order valence-corrected chi connectivity index (χ4v) is 1.79. The van der Waals surface area contributed by atoms with E-state index in [1.54, 1.807) is 0 Å². The minimum atomic E-state index is -2.52. The van der Waals surface area contributed by atoms with Gasteiger partial charge < -0.3 is 15.0 Å². The zero-order chi connectivity index (χ0) is 13.5. The summed E-state index contributed by atoms with van der Waals surface area (Å²) in [7, 11) is 0. The Balaban J connectivity index is 2.38. The van der Waals surface area contributed by atoms with Crippen molar-refractivity contribution in [3.05, 3.63) is 0 Å². The van der Waals surface area contributed by atoms with Crippen molar-refractivity contribution in [1.82, 2.24) is 10.2 Å². The molecular weight excluding hydrogens is 246 g/mol. The van der Waals surface area contributed by atoms with E-state index in [2.05, 4.69) is 5.32 Å². The smallest absolute Gasteiger partial charge is 0.261 e. The third-order valence-electron chi connectivity index (χ3n) is 2.61. The van der Waals surface area contributed by atoms with Crippen LogP contribution in [-0.2, 0) is 14.3 Å². The van der Waals surface area contributed by atoms with Crippen LogP contribution in [0.2, 0.25) is 0 Å². The Morgan fingerprint density at radius 2 is 2.22 bits per heavy atom. The van der Waals surface area contributed by atoms with Crippen LogP contribution in [0.4, 0.5) is 8.78 Å². The first-order chi connectivity index (χ1) is 8.54. The quantitative estimate of drug-likeness (QED) is 0.677. The Hall–Kier alpha value is -1.24. The van der Waals surface area contributed by atoms with Crippen LogP contribution in [0.25, 0.3) is 0 Å². The van der Waals surface area contributed by atoms with Gasteiger partial charge in [-0.05, 0) is 6.42 Å². The number of nitrogens with zero attached hydrogens (tertiary/aromatic N) is 1. The molecule has 0 radical (unpaired) electrons. The van der Waals surface area contributed by atoms with Gasteiger partial charge in [0.15, 0.2) is 0 Å². The third-order valence-corrected chi connectivity index (χ3v) is 2.61. The van der Waals surface area contributed by atoms with E-state index < -0.39 is 19.1 Å². The second-order valence-corrected chi connectivity index (χ2v) is 4.13. The standard InChI is InChI=1S/C11H18F2N2O3/c1-2-3-8-11(17)15(6-10(16)14-8)4-5-18-7-9(12)13/h8-9H,2-7H2,1H3,(H,14,16). The number of piperazine rings is 1. The van der Waals surface area contributed by atoms with E-state index in [1.165, 1.54) is 4.90 Å². The van der Waals surface area contributed by atoms with Gasteiger partial charge in [0.25, 0.3) is 6.43 Å². The molecular formula is C11H18F2N2O3. The van der Waals surface area contributed by atoms with Crippen LogP contribution >= 0.6 is 0 Å². The number of ether oxygens (including phenoxy) is 1. The number of hydrogen-bond donors (Lipinski definition) is 1. The molecule has 1 saturated heterocycles. The molecule has 0 aliphatic carbocycles. The molecule has 1 heterocycles. The van der Waals surface area contributed by atoms with Crippen LogP contribution in [-0.4, -0.2) is 55.5 Å². The van der Waals surface area contributed by atoms with E-state index in [-0.39, 0.29) is 31.5 Å². The van der Waals surface area contributed by atoms with Crippen LogP contribution < -0.4 is 5.32 Å². The Morgan fingerprint density at radius 3 is 2.83 bits per heavy atom. The van der Waals surface area contributed by atoms with E-state index in [0.717, 1.165) is 6.42 Å². The highest BCUT2D eigenvalue weighted by atomic mass is 19.3. The summed E-state index contributed by atoms with van der Waals surface area (Å²) >= 11 is 0. The third kappa shape index (κ3) is 4.56. The molecule has 104 valence electrons. The maximum Gasteiger partial charge on any atom is 0.261 e. The number of carbonyl (C=O) groups is 2. The number of rotatable bonds is 7. The van der Waals surface area contributed by atoms with E-state index in [0.29, 0.717) is 6.42 Å². The number of hydrogen-bond acceptors (Lipinski definition) is 3. The van der Waals surface area contributed by atoms with Crippen molar-refractivity contribution in [3.63, 3.8) is 0 Å². The Kier molecular flexibility index (Phi) is 5.97. The van der Waals surface area contributed by atoms with Gasteiger partial charge in [-0.25, -0.2) is 8.78 Å². The van der Waals surface area contributed by atoms with Gasteiger partial charge in [0.05, 0.1) is 13.2 Å². The van der Waals surface area contributed by atoms with Gasteiger partial charge in [-0.3, -0.25) is 9.59 Å². The summed E-state index contributed by atoms with van der Waals surface area (Å²) in [4.78, 5) is 24.6. The molecule has 1 rings (SSSR count). The zero-order valence-corrected chi connectivity index (χ0v) is 10.3. The first-order valence-corrected chi connectivity index (χ1v) is 5.98. The highest BCUT2D eigenvalue weighted by Gasteiger charge is 2.31. The summed E-state index contributed by atoms with van der Waals surface area (Å²) in [6, 6.07) is -0.494. The lowest BCUT2D eigenvalue weighted by molar-refractivity contribution is -0.145. The lowest BCUT2D eigenvalue weighted by Gasteiger charge is -2.32. The van der Waals surface area contributed by atoms with Gasteiger partial charge in [-0.1, -0.05) is 13.3 Å². The lowest BCUT2D eigenvalue weighted by Crippen LogP contribution is -2.58. The second kappa shape index (κ2) is 7.25. The highest BCUT2D eigenvalue weighted by Crippen LogP contribution is 2.07. The van der Waals surface area contributed by atoms with Crippen molar-refractivity contribution < 1.29 is 23.1 Å². The number of alkyl halides is 2. The maximum atomic E-state index is 11.9. The molecule has 1 unspecified atom stereocenters. The van der Waals surface area contributed by atoms with Gasteiger partial charge in [-0.15, -0.1) is 0 Å². The number of carbonyl (C=O) groups excluding carboxylic acids is 2. The normalized spacial score (nSPS) is 20.4. The number of amides is 2. The monoisotopic (exact) mass is 264 g/mol. The van der Waals surface area contributed by atoms with Crippen molar-refractivity contribution in [2.45, 2.75) is 32.2 Å². The summed E-state index contributed by atoms with van der Waals surface area (Å²) in [6.07, 6.45) is -1.15.